The lowest BCUT2D eigenvalue weighted by Gasteiger charge is -2.22. The van der Waals surface area contributed by atoms with Crippen molar-refractivity contribution in [3.63, 3.8) is 0 Å². The van der Waals surface area contributed by atoms with Crippen LogP contribution in [0.25, 0.3) is 0 Å². The van der Waals surface area contributed by atoms with E-state index in [0.717, 1.165) is 77.0 Å². The number of esters is 1. The molecule has 0 saturated heterocycles. The van der Waals surface area contributed by atoms with Crippen LogP contribution in [0.5, 0.6) is 0 Å². The van der Waals surface area contributed by atoms with Crippen molar-refractivity contribution in [2.75, 3.05) is 13.2 Å². The number of aliphatic hydroxyl groups excluding tert-OH is 2. The van der Waals surface area contributed by atoms with Crippen molar-refractivity contribution in [2.24, 2.45) is 0 Å². The molecule has 0 aromatic carbocycles. The number of amides is 1. The van der Waals surface area contributed by atoms with Crippen LogP contribution in [0.1, 0.15) is 309 Å². The molecular formula is C56H109NO5. The van der Waals surface area contributed by atoms with E-state index in [2.05, 4.69) is 31.3 Å². The van der Waals surface area contributed by atoms with Crippen molar-refractivity contribution in [2.45, 2.75) is 321 Å². The fourth-order valence-electron chi connectivity index (χ4n) is 8.75. The number of unbranched alkanes of at least 4 members (excludes halogenated alkanes) is 39. The molecule has 1 amide bonds. The Kier molecular flexibility index (Phi) is 51.0. The number of aliphatic hydroxyl groups is 2. The predicted molar refractivity (Wildman–Crippen MR) is 269 cm³/mol. The van der Waals surface area contributed by atoms with Crippen LogP contribution >= 0.6 is 0 Å². The molecule has 0 heterocycles. The molecule has 0 bridgehead atoms. The molecule has 0 radical (unpaired) electrons. The summed E-state index contributed by atoms with van der Waals surface area (Å²) in [5, 5.41) is 23.3. The molecule has 2 unspecified atom stereocenters. The van der Waals surface area contributed by atoms with Crippen molar-refractivity contribution in [3.8, 4) is 0 Å². The number of hydrogen-bond acceptors (Lipinski definition) is 5. The van der Waals surface area contributed by atoms with Gasteiger partial charge in [0.2, 0.25) is 5.91 Å². The maximum Gasteiger partial charge on any atom is 0.305 e. The van der Waals surface area contributed by atoms with Crippen LogP contribution in [0.3, 0.4) is 0 Å². The lowest BCUT2D eigenvalue weighted by molar-refractivity contribution is -0.143. The van der Waals surface area contributed by atoms with Crippen LogP contribution in [0.4, 0.5) is 0 Å². The van der Waals surface area contributed by atoms with Gasteiger partial charge in [0.25, 0.3) is 0 Å². The minimum absolute atomic E-state index is 0.0347. The van der Waals surface area contributed by atoms with E-state index in [1.54, 1.807) is 0 Å². The van der Waals surface area contributed by atoms with E-state index in [4.69, 9.17) is 4.74 Å². The standard InChI is InChI=1S/C56H109NO5/c1-3-5-7-9-11-13-15-17-18-19-20-21-22-23-24-25-26-27-28-32-36-40-44-48-54(59)53(52-58)57-55(60)49-45-41-37-33-30-31-35-39-43-47-51-62-56(61)50-46-42-38-34-29-16-14-12-10-8-6-4-2/h31,35,53-54,58-59H,3-30,32-34,36-52H2,1-2H3,(H,57,60)/b35-31-. The van der Waals surface area contributed by atoms with E-state index < -0.39 is 12.1 Å². The fourth-order valence-corrected chi connectivity index (χ4v) is 8.75. The Morgan fingerprint density at radius 2 is 0.758 bits per heavy atom. The topological polar surface area (TPSA) is 95.9 Å². The number of nitrogens with one attached hydrogen (secondary N) is 1. The summed E-state index contributed by atoms with van der Waals surface area (Å²) < 4.78 is 5.43. The zero-order chi connectivity index (χ0) is 45.1. The van der Waals surface area contributed by atoms with E-state index in [1.165, 1.54) is 199 Å². The molecule has 0 aromatic heterocycles. The molecule has 0 spiro atoms. The minimum Gasteiger partial charge on any atom is -0.466 e. The first-order valence-electron chi connectivity index (χ1n) is 27.9. The largest absolute Gasteiger partial charge is 0.466 e. The Morgan fingerprint density at radius 3 is 1.15 bits per heavy atom. The summed E-state index contributed by atoms with van der Waals surface area (Å²) in [6.07, 6.45) is 60.6. The molecule has 0 saturated carbocycles. The van der Waals surface area contributed by atoms with Gasteiger partial charge in [0.05, 0.1) is 25.4 Å². The Labute approximate surface area is 387 Å². The quantitative estimate of drug-likeness (QED) is 0.0321. The van der Waals surface area contributed by atoms with E-state index in [0.29, 0.717) is 25.9 Å². The van der Waals surface area contributed by atoms with Crippen LogP contribution in [-0.2, 0) is 14.3 Å². The second-order valence-electron chi connectivity index (χ2n) is 19.3. The van der Waals surface area contributed by atoms with Gasteiger partial charge in [-0.3, -0.25) is 9.59 Å². The van der Waals surface area contributed by atoms with Crippen LogP contribution in [0, 0.1) is 0 Å². The van der Waals surface area contributed by atoms with Crippen molar-refractivity contribution in [1.29, 1.82) is 0 Å². The molecule has 6 heteroatoms. The van der Waals surface area contributed by atoms with Gasteiger partial charge in [-0.2, -0.15) is 0 Å². The van der Waals surface area contributed by atoms with Gasteiger partial charge in [0.15, 0.2) is 0 Å². The number of allylic oxidation sites excluding steroid dienone is 2. The first kappa shape index (κ1) is 60.6. The van der Waals surface area contributed by atoms with Gasteiger partial charge in [0, 0.05) is 12.8 Å². The average Bonchev–Trinajstić information content (AvgIpc) is 3.27. The van der Waals surface area contributed by atoms with Gasteiger partial charge in [-0.05, 0) is 51.4 Å². The Balaban J connectivity index is 3.50. The summed E-state index contributed by atoms with van der Waals surface area (Å²) in [7, 11) is 0. The van der Waals surface area contributed by atoms with Crippen molar-refractivity contribution >= 4 is 11.9 Å². The summed E-state index contributed by atoms with van der Waals surface area (Å²) in [6.45, 7) is 4.88. The smallest absolute Gasteiger partial charge is 0.305 e. The Hall–Kier alpha value is -1.40. The highest BCUT2D eigenvalue weighted by atomic mass is 16.5. The molecule has 0 aliphatic carbocycles. The van der Waals surface area contributed by atoms with Crippen molar-refractivity contribution in [1.82, 2.24) is 5.32 Å². The molecule has 0 rings (SSSR count). The molecule has 0 fully saturated rings. The number of rotatable bonds is 52. The normalized spacial score (nSPS) is 12.6. The highest BCUT2D eigenvalue weighted by Gasteiger charge is 2.20. The third-order valence-electron chi connectivity index (χ3n) is 13.1. The fraction of sp³-hybridized carbons (Fsp3) is 0.929. The highest BCUT2D eigenvalue weighted by Crippen LogP contribution is 2.17. The summed E-state index contributed by atoms with van der Waals surface area (Å²) in [5.74, 6) is -0.102. The average molecular weight is 876 g/mol. The van der Waals surface area contributed by atoms with Crippen LogP contribution < -0.4 is 5.32 Å². The summed E-state index contributed by atoms with van der Waals surface area (Å²) in [4.78, 5) is 24.5. The molecule has 3 N–H and O–H groups in total. The molecule has 0 aromatic rings. The van der Waals surface area contributed by atoms with Crippen LogP contribution in [0.2, 0.25) is 0 Å². The zero-order valence-electron chi connectivity index (χ0n) is 41.9. The van der Waals surface area contributed by atoms with Gasteiger partial charge >= 0.3 is 5.97 Å². The first-order chi connectivity index (χ1) is 30.5. The molecule has 368 valence electrons. The molecular weight excluding hydrogens is 767 g/mol. The predicted octanol–water partition coefficient (Wildman–Crippen LogP) is 16.9. The third-order valence-corrected chi connectivity index (χ3v) is 13.1. The van der Waals surface area contributed by atoms with Gasteiger partial charge < -0.3 is 20.3 Å². The third kappa shape index (κ3) is 48.1. The number of ether oxygens (including phenoxy) is 1. The summed E-state index contributed by atoms with van der Waals surface area (Å²) in [6, 6.07) is -0.566. The van der Waals surface area contributed by atoms with E-state index in [9.17, 15) is 19.8 Å². The van der Waals surface area contributed by atoms with Crippen molar-refractivity contribution in [3.05, 3.63) is 12.2 Å². The van der Waals surface area contributed by atoms with Crippen LogP contribution in [-0.4, -0.2) is 47.4 Å². The molecule has 62 heavy (non-hydrogen) atoms. The highest BCUT2D eigenvalue weighted by molar-refractivity contribution is 5.76. The number of carbonyl (C=O) groups excluding carboxylic acids is 2. The molecule has 0 aliphatic rings. The van der Waals surface area contributed by atoms with Gasteiger partial charge in [-0.1, -0.05) is 257 Å². The maximum absolute atomic E-state index is 12.5. The summed E-state index contributed by atoms with van der Waals surface area (Å²) in [5.41, 5.74) is 0. The SMILES string of the molecule is CCCCCCCCCCCCCCCCCCCCCCCCCC(O)C(CO)NC(=O)CCCCCC/C=C\CCCCOC(=O)CCCCCCCCCCCCCC. The van der Waals surface area contributed by atoms with E-state index in [1.807, 2.05) is 0 Å². The maximum atomic E-state index is 12.5. The van der Waals surface area contributed by atoms with Gasteiger partial charge in [-0.15, -0.1) is 0 Å². The Morgan fingerprint density at radius 1 is 0.435 bits per heavy atom. The van der Waals surface area contributed by atoms with Gasteiger partial charge in [-0.25, -0.2) is 0 Å². The van der Waals surface area contributed by atoms with Crippen LogP contribution in [0.15, 0.2) is 12.2 Å². The second-order valence-corrected chi connectivity index (χ2v) is 19.3. The lowest BCUT2D eigenvalue weighted by atomic mass is 10.0. The molecule has 0 aliphatic heterocycles. The van der Waals surface area contributed by atoms with E-state index in [-0.39, 0.29) is 18.5 Å². The van der Waals surface area contributed by atoms with Gasteiger partial charge in [0.1, 0.15) is 0 Å². The monoisotopic (exact) mass is 876 g/mol. The number of hydrogen-bond donors (Lipinski definition) is 3. The summed E-state index contributed by atoms with van der Waals surface area (Å²) >= 11 is 0. The molecule has 6 nitrogen and oxygen atoms in total. The lowest BCUT2D eigenvalue weighted by Crippen LogP contribution is -2.45. The van der Waals surface area contributed by atoms with E-state index >= 15 is 0 Å². The van der Waals surface area contributed by atoms with Crippen molar-refractivity contribution < 1.29 is 24.5 Å². The first-order valence-corrected chi connectivity index (χ1v) is 27.9. The number of carbonyl (C=O) groups is 2. The zero-order valence-corrected chi connectivity index (χ0v) is 41.9. The second kappa shape index (κ2) is 52.2. The molecule has 2 atom stereocenters. The Bertz CT molecular complexity index is 924. The minimum atomic E-state index is -0.686.